The summed E-state index contributed by atoms with van der Waals surface area (Å²) < 4.78 is 7.17. The number of carbonyl (C=O) groups excluding carboxylic acids is 1. The quantitative estimate of drug-likeness (QED) is 0.708. The standard InChI is InChI=1S/C18H19N5O2/c1-20-17(24)18(9-10-18)16-21-15-14(25-2)8-7-13(23(15)22-16)11-3-5-12(19)6-4-11/h3-8H,9-10,19H2,1-2H3,(H,20,24). The van der Waals surface area contributed by atoms with Gasteiger partial charge in [-0.3, -0.25) is 4.79 Å². The van der Waals surface area contributed by atoms with Gasteiger partial charge in [0.05, 0.1) is 12.8 Å². The van der Waals surface area contributed by atoms with E-state index in [1.54, 1.807) is 18.7 Å². The van der Waals surface area contributed by atoms with Crippen molar-refractivity contribution >= 4 is 17.2 Å². The second kappa shape index (κ2) is 5.47. The number of fused-ring (bicyclic) bond motifs is 1. The van der Waals surface area contributed by atoms with Crippen LogP contribution in [0.5, 0.6) is 5.75 Å². The molecule has 1 aliphatic rings. The summed E-state index contributed by atoms with van der Waals surface area (Å²) >= 11 is 0. The first-order valence-corrected chi connectivity index (χ1v) is 8.11. The minimum absolute atomic E-state index is 0.0450. The first-order chi connectivity index (χ1) is 12.1. The Morgan fingerprint density at radius 1 is 1.24 bits per heavy atom. The van der Waals surface area contributed by atoms with Gasteiger partial charge in [-0.1, -0.05) is 12.1 Å². The lowest BCUT2D eigenvalue weighted by Crippen LogP contribution is -2.32. The van der Waals surface area contributed by atoms with Gasteiger partial charge in [-0.25, -0.2) is 9.50 Å². The molecule has 1 fully saturated rings. The molecule has 0 radical (unpaired) electrons. The van der Waals surface area contributed by atoms with Gasteiger partial charge < -0.3 is 15.8 Å². The van der Waals surface area contributed by atoms with Crippen LogP contribution >= 0.6 is 0 Å². The van der Waals surface area contributed by atoms with Crippen molar-refractivity contribution < 1.29 is 9.53 Å². The molecule has 4 rings (SSSR count). The number of methoxy groups -OCH3 is 1. The van der Waals surface area contributed by atoms with Gasteiger partial charge in [-0.05, 0) is 37.1 Å². The molecule has 0 saturated heterocycles. The summed E-state index contributed by atoms with van der Waals surface area (Å²) in [6, 6.07) is 11.3. The maximum Gasteiger partial charge on any atom is 0.233 e. The number of benzene rings is 1. The van der Waals surface area contributed by atoms with Crippen molar-refractivity contribution in [1.29, 1.82) is 0 Å². The molecule has 0 spiro atoms. The third kappa shape index (κ3) is 2.31. The Morgan fingerprint density at radius 2 is 1.96 bits per heavy atom. The highest BCUT2D eigenvalue weighted by molar-refractivity contribution is 5.90. The van der Waals surface area contributed by atoms with Gasteiger partial charge in [0.25, 0.3) is 0 Å². The van der Waals surface area contributed by atoms with E-state index in [4.69, 9.17) is 10.5 Å². The number of hydrogen-bond donors (Lipinski definition) is 2. The number of hydrogen-bond acceptors (Lipinski definition) is 5. The third-order valence-corrected chi connectivity index (χ3v) is 4.71. The Bertz CT molecular complexity index is 958. The summed E-state index contributed by atoms with van der Waals surface area (Å²) in [5.41, 5.74) is 8.28. The molecule has 128 valence electrons. The molecule has 7 nitrogen and oxygen atoms in total. The molecule has 1 amide bonds. The minimum atomic E-state index is -0.621. The van der Waals surface area contributed by atoms with E-state index in [0.717, 1.165) is 24.1 Å². The molecule has 0 bridgehead atoms. The third-order valence-electron chi connectivity index (χ3n) is 4.71. The zero-order valence-corrected chi connectivity index (χ0v) is 14.1. The number of rotatable bonds is 4. The fraction of sp³-hybridized carbons (Fsp3) is 0.278. The van der Waals surface area contributed by atoms with E-state index in [0.29, 0.717) is 22.9 Å². The maximum atomic E-state index is 12.3. The summed E-state index contributed by atoms with van der Waals surface area (Å²) in [7, 11) is 3.23. The van der Waals surface area contributed by atoms with Crippen molar-refractivity contribution in [2.24, 2.45) is 0 Å². The van der Waals surface area contributed by atoms with Crippen molar-refractivity contribution in [2.75, 3.05) is 19.9 Å². The van der Waals surface area contributed by atoms with Crippen molar-refractivity contribution in [3.05, 3.63) is 42.2 Å². The highest BCUT2D eigenvalue weighted by Crippen LogP contribution is 2.47. The normalized spacial score (nSPS) is 15.1. The SMILES string of the molecule is CNC(=O)C1(c2nc3c(OC)ccc(-c4ccc(N)cc4)n3n2)CC1. The molecule has 7 heteroatoms. The van der Waals surface area contributed by atoms with E-state index in [2.05, 4.69) is 15.4 Å². The van der Waals surface area contributed by atoms with E-state index in [1.807, 2.05) is 36.4 Å². The lowest BCUT2D eigenvalue weighted by atomic mass is 10.1. The van der Waals surface area contributed by atoms with Gasteiger partial charge in [-0.2, -0.15) is 0 Å². The van der Waals surface area contributed by atoms with Crippen molar-refractivity contribution in [3.8, 4) is 17.0 Å². The molecule has 0 unspecified atom stereocenters. The van der Waals surface area contributed by atoms with Crippen molar-refractivity contribution in [1.82, 2.24) is 19.9 Å². The van der Waals surface area contributed by atoms with E-state index < -0.39 is 5.41 Å². The van der Waals surface area contributed by atoms with Crippen LogP contribution < -0.4 is 15.8 Å². The molecule has 25 heavy (non-hydrogen) atoms. The van der Waals surface area contributed by atoms with Crippen LogP contribution in [-0.2, 0) is 10.2 Å². The summed E-state index contributed by atoms with van der Waals surface area (Å²) in [5.74, 6) is 1.11. The largest absolute Gasteiger partial charge is 0.493 e. The van der Waals surface area contributed by atoms with E-state index in [-0.39, 0.29) is 5.91 Å². The number of anilines is 1. The number of amides is 1. The Balaban J connectivity index is 1.91. The maximum absolute atomic E-state index is 12.3. The van der Waals surface area contributed by atoms with Crippen LogP contribution in [0.2, 0.25) is 0 Å². The Morgan fingerprint density at radius 3 is 2.56 bits per heavy atom. The van der Waals surface area contributed by atoms with E-state index in [9.17, 15) is 4.79 Å². The Kier molecular flexibility index (Phi) is 3.38. The minimum Gasteiger partial charge on any atom is -0.493 e. The Labute approximate surface area is 144 Å². The van der Waals surface area contributed by atoms with Crippen molar-refractivity contribution in [3.63, 3.8) is 0 Å². The topological polar surface area (TPSA) is 94.5 Å². The monoisotopic (exact) mass is 337 g/mol. The number of nitrogens with zero attached hydrogens (tertiary/aromatic N) is 3. The zero-order valence-electron chi connectivity index (χ0n) is 14.1. The fourth-order valence-corrected chi connectivity index (χ4v) is 3.09. The van der Waals surface area contributed by atoms with E-state index in [1.165, 1.54) is 0 Å². The average molecular weight is 337 g/mol. The molecule has 1 aliphatic carbocycles. The van der Waals surface area contributed by atoms with Crippen LogP contribution in [-0.4, -0.2) is 34.7 Å². The number of pyridine rings is 1. The lowest BCUT2D eigenvalue weighted by Gasteiger charge is -2.08. The molecule has 1 saturated carbocycles. The molecule has 1 aromatic carbocycles. The molecule has 0 aliphatic heterocycles. The number of aromatic nitrogens is 3. The molecule has 3 aromatic rings. The van der Waals surface area contributed by atoms with E-state index >= 15 is 0 Å². The summed E-state index contributed by atoms with van der Waals surface area (Å²) in [6.07, 6.45) is 1.51. The van der Waals surface area contributed by atoms with Gasteiger partial charge in [0, 0.05) is 18.3 Å². The van der Waals surface area contributed by atoms with Crippen molar-refractivity contribution in [2.45, 2.75) is 18.3 Å². The second-order valence-corrected chi connectivity index (χ2v) is 6.24. The molecule has 2 heterocycles. The predicted octanol–water partition coefficient (Wildman–Crippen LogP) is 1.76. The van der Waals surface area contributed by atoms with Gasteiger partial charge in [-0.15, -0.1) is 5.10 Å². The van der Waals surface area contributed by atoms with Gasteiger partial charge in [0.1, 0.15) is 5.41 Å². The number of nitrogen functional groups attached to an aromatic ring is 1. The average Bonchev–Trinajstić information content (AvgIpc) is 3.33. The first kappa shape index (κ1) is 15.4. The molecule has 3 N–H and O–H groups in total. The fourth-order valence-electron chi connectivity index (χ4n) is 3.09. The van der Waals surface area contributed by atoms with Crippen LogP contribution in [0.15, 0.2) is 36.4 Å². The lowest BCUT2D eigenvalue weighted by molar-refractivity contribution is -0.123. The smallest absolute Gasteiger partial charge is 0.233 e. The first-order valence-electron chi connectivity index (χ1n) is 8.11. The molecular weight excluding hydrogens is 318 g/mol. The number of ether oxygens (including phenoxy) is 1. The molecule has 0 atom stereocenters. The number of nitrogens with two attached hydrogens (primary N) is 1. The van der Waals surface area contributed by atoms with Crippen LogP contribution in [0, 0.1) is 0 Å². The van der Waals surface area contributed by atoms with Gasteiger partial charge >= 0.3 is 0 Å². The number of nitrogens with one attached hydrogen (secondary N) is 1. The highest BCUT2D eigenvalue weighted by Gasteiger charge is 2.54. The second-order valence-electron chi connectivity index (χ2n) is 6.24. The van der Waals surface area contributed by atoms with Crippen LogP contribution in [0.25, 0.3) is 16.9 Å². The van der Waals surface area contributed by atoms with Crippen LogP contribution in [0.3, 0.4) is 0 Å². The summed E-state index contributed by atoms with van der Waals surface area (Å²) in [4.78, 5) is 16.9. The summed E-state index contributed by atoms with van der Waals surface area (Å²) in [5, 5.41) is 7.38. The number of likely N-dealkylation sites (N-methyl/N-ethyl adjacent to an activating group) is 1. The van der Waals surface area contributed by atoms with Gasteiger partial charge in [0.2, 0.25) is 5.91 Å². The van der Waals surface area contributed by atoms with Gasteiger partial charge in [0.15, 0.2) is 17.2 Å². The highest BCUT2D eigenvalue weighted by atomic mass is 16.5. The molecular formula is C18H19N5O2. The van der Waals surface area contributed by atoms with Crippen LogP contribution in [0.1, 0.15) is 18.7 Å². The molecule has 2 aromatic heterocycles. The number of carbonyl (C=O) groups is 1. The zero-order chi connectivity index (χ0) is 17.6. The van der Waals surface area contributed by atoms with Crippen LogP contribution in [0.4, 0.5) is 5.69 Å². The predicted molar refractivity (Wildman–Crippen MR) is 94.4 cm³/mol. The Hall–Kier alpha value is -3.09. The summed E-state index contributed by atoms with van der Waals surface area (Å²) in [6.45, 7) is 0.